The summed E-state index contributed by atoms with van der Waals surface area (Å²) in [5, 5.41) is 9.18. The van der Waals surface area contributed by atoms with Gasteiger partial charge in [0.25, 0.3) is 10.0 Å². The largest absolute Gasteiger partial charge is 0.478 e. The van der Waals surface area contributed by atoms with Crippen LogP contribution in [0.5, 0.6) is 0 Å². The fourth-order valence-electron chi connectivity index (χ4n) is 2.95. The number of hydrogen-bond donors (Lipinski definition) is 1. The van der Waals surface area contributed by atoms with Crippen LogP contribution in [0.4, 0.5) is 0 Å². The van der Waals surface area contributed by atoms with Gasteiger partial charge in [0.2, 0.25) is 0 Å². The molecule has 140 valence electrons. The van der Waals surface area contributed by atoms with E-state index in [1.807, 2.05) is 6.07 Å². The van der Waals surface area contributed by atoms with Crippen LogP contribution in [0.3, 0.4) is 0 Å². The number of carboxylic acids is 1. The van der Waals surface area contributed by atoms with Gasteiger partial charge in [0.15, 0.2) is 5.82 Å². The van der Waals surface area contributed by atoms with Crippen molar-refractivity contribution in [1.29, 1.82) is 0 Å². The molecule has 0 aliphatic carbocycles. The van der Waals surface area contributed by atoms with Crippen LogP contribution in [0, 0.1) is 0 Å². The molecule has 3 aromatic carbocycles. The predicted molar refractivity (Wildman–Crippen MR) is 106 cm³/mol. The maximum Gasteiger partial charge on any atom is 0.335 e. The van der Waals surface area contributed by atoms with E-state index in [1.165, 1.54) is 12.1 Å². The van der Waals surface area contributed by atoms with E-state index in [0.29, 0.717) is 16.6 Å². The van der Waals surface area contributed by atoms with E-state index in [1.54, 1.807) is 48.5 Å². The minimum Gasteiger partial charge on any atom is -0.478 e. The molecule has 4 rings (SSSR count). The van der Waals surface area contributed by atoms with Crippen molar-refractivity contribution < 1.29 is 18.3 Å². The van der Waals surface area contributed by atoms with E-state index in [-0.39, 0.29) is 21.3 Å². The minimum atomic E-state index is -4.23. The maximum absolute atomic E-state index is 13.5. The lowest BCUT2D eigenvalue weighted by Gasteiger charge is -2.12. The Hall–Kier alpha value is -3.16. The van der Waals surface area contributed by atoms with Crippen molar-refractivity contribution in [3.05, 3.63) is 83.4 Å². The number of aromatic nitrogens is 2. The Morgan fingerprint density at radius 2 is 1.64 bits per heavy atom. The molecule has 1 aromatic heterocycles. The predicted octanol–water partition coefficient (Wildman–Crippen LogP) is 4.29. The number of fused-ring (bicyclic) bond motifs is 1. The van der Waals surface area contributed by atoms with Gasteiger partial charge >= 0.3 is 5.97 Å². The van der Waals surface area contributed by atoms with Crippen molar-refractivity contribution in [3.8, 4) is 11.4 Å². The number of halogens is 1. The van der Waals surface area contributed by atoms with E-state index in [4.69, 9.17) is 11.6 Å². The Bertz CT molecular complexity index is 1310. The van der Waals surface area contributed by atoms with E-state index >= 15 is 0 Å². The van der Waals surface area contributed by atoms with Crippen LogP contribution in [0.1, 0.15) is 10.4 Å². The Kier molecular flexibility index (Phi) is 4.41. The number of hydrogen-bond acceptors (Lipinski definition) is 4. The first-order valence-electron chi connectivity index (χ1n) is 8.21. The van der Waals surface area contributed by atoms with Crippen LogP contribution in [-0.2, 0) is 10.0 Å². The first-order chi connectivity index (χ1) is 13.4. The number of aromatic carboxylic acids is 1. The summed E-state index contributed by atoms with van der Waals surface area (Å²) in [6.07, 6.45) is 0. The number of carbonyl (C=O) groups is 1. The minimum absolute atomic E-state index is 0.0678. The van der Waals surface area contributed by atoms with Crippen LogP contribution in [0.15, 0.2) is 77.7 Å². The molecule has 0 fully saturated rings. The molecule has 28 heavy (non-hydrogen) atoms. The number of carboxylic acid groups (broad SMARTS) is 1. The van der Waals surface area contributed by atoms with Gasteiger partial charge in [-0.05, 0) is 30.3 Å². The maximum atomic E-state index is 13.5. The van der Waals surface area contributed by atoms with Crippen LogP contribution in [-0.4, -0.2) is 28.5 Å². The molecule has 0 aliphatic rings. The fraction of sp³-hybridized carbons (Fsp3) is 0. The number of benzene rings is 3. The van der Waals surface area contributed by atoms with E-state index in [2.05, 4.69) is 4.98 Å². The fourth-order valence-corrected chi connectivity index (χ4v) is 4.93. The molecule has 4 aromatic rings. The van der Waals surface area contributed by atoms with Crippen molar-refractivity contribution >= 4 is 38.6 Å². The third-order valence-electron chi connectivity index (χ3n) is 4.25. The summed E-state index contributed by atoms with van der Waals surface area (Å²) < 4.78 is 28.2. The molecule has 0 saturated carbocycles. The van der Waals surface area contributed by atoms with E-state index in [9.17, 15) is 18.3 Å². The van der Waals surface area contributed by atoms with Crippen molar-refractivity contribution in [2.24, 2.45) is 0 Å². The van der Waals surface area contributed by atoms with Gasteiger partial charge in [0.1, 0.15) is 4.90 Å². The molecular weight excluding hydrogens is 400 g/mol. The molecule has 1 N–H and O–H groups in total. The Balaban J connectivity index is 2.06. The molecule has 0 aliphatic heterocycles. The third-order valence-corrected chi connectivity index (χ3v) is 6.43. The zero-order valence-electron chi connectivity index (χ0n) is 14.3. The average Bonchev–Trinajstić information content (AvgIpc) is 3.09. The van der Waals surface area contributed by atoms with Gasteiger partial charge in [0, 0.05) is 5.56 Å². The average molecular weight is 413 g/mol. The third kappa shape index (κ3) is 2.94. The van der Waals surface area contributed by atoms with Gasteiger partial charge in [-0.25, -0.2) is 22.2 Å². The highest BCUT2D eigenvalue weighted by Crippen LogP contribution is 2.32. The highest BCUT2D eigenvalue weighted by Gasteiger charge is 2.28. The van der Waals surface area contributed by atoms with Gasteiger partial charge in [0.05, 0.1) is 21.6 Å². The molecule has 0 radical (unpaired) electrons. The molecular formula is C20H13ClN2O4S. The second kappa shape index (κ2) is 6.78. The van der Waals surface area contributed by atoms with Gasteiger partial charge in [-0.1, -0.05) is 54.1 Å². The van der Waals surface area contributed by atoms with Crippen molar-refractivity contribution in [2.75, 3.05) is 0 Å². The van der Waals surface area contributed by atoms with Crippen molar-refractivity contribution in [3.63, 3.8) is 0 Å². The first-order valence-corrected chi connectivity index (χ1v) is 10.0. The summed E-state index contributed by atoms with van der Waals surface area (Å²) in [5.41, 5.74) is 1.30. The zero-order valence-corrected chi connectivity index (χ0v) is 15.9. The summed E-state index contributed by atoms with van der Waals surface area (Å²) in [6, 6.07) is 19.3. The van der Waals surface area contributed by atoms with E-state index < -0.39 is 16.0 Å². The highest BCUT2D eigenvalue weighted by atomic mass is 35.5. The molecule has 0 amide bonds. The SMILES string of the molecule is O=C(O)c1ccc(Cl)c(S(=O)(=O)n2c(-c3ccccc3)nc3ccccc32)c1. The van der Waals surface area contributed by atoms with Gasteiger partial charge in [-0.3, -0.25) is 0 Å². The summed E-state index contributed by atoms with van der Waals surface area (Å²) in [6.45, 7) is 0. The van der Waals surface area contributed by atoms with Crippen molar-refractivity contribution in [2.45, 2.75) is 4.90 Å². The van der Waals surface area contributed by atoms with Gasteiger partial charge < -0.3 is 5.11 Å². The summed E-state index contributed by atoms with van der Waals surface area (Å²) in [5.74, 6) is -1.02. The molecule has 0 atom stereocenters. The normalized spacial score (nSPS) is 11.6. The Morgan fingerprint density at radius 3 is 2.36 bits per heavy atom. The molecule has 0 spiro atoms. The van der Waals surface area contributed by atoms with Gasteiger partial charge in [-0.15, -0.1) is 0 Å². The monoisotopic (exact) mass is 412 g/mol. The topological polar surface area (TPSA) is 89.3 Å². The molecule has 1 heterocycles. The zero-order chi connectivity index (χ0) is 19.9. The number of para-hydroxylation sites is 2. The number of rotatable bonds is 4. The molecule has 8 heteroatoms. The lowest BCUT2D eigenvalue weighted by atomic mass is 10.2. The lowest BCUT2D eigenvalue weighted by Crippen LogP contribution is -2.15. The smallest absolute Gasteiger partial charge is 0.335 e. The first kappa shape index (κ1) is 18.2. The van der Waals surface area contributed by atoms with Crippen molar-refractivity contribution in [1.82, 2.24) is 8.96 Å². The summed E-state index contributed by atoms with van der Waals surface area (Å²) >= 11 is 6.15. The Morgan fingerprint density at radius 1 is 0.964 bits per heavy atom. The Labute approximate surface area is 165 Å². The summed E-state index contributed by atoms with van der Waals surface area (Å²) in [4.78, 5) is 15.5. The lowest BCUT2D eigenvalue weighted by molar-refractivity contribution is 0.0696. The van der Waals surface area contributed by atoms with Gasteiger partial charge in [-0.2, -0.15) is 0 Å². The molecule has 0 bridgehead atoms. The van der Waals surface area contributed by atoms with Crippen LogP contribution >= 0.6 is 11.6 Å². The van der Waals surface area contributed by atoms with Crippen LogP contribution in [0.2, 0.25) is 5.02 Å². The van der Waals surface area contributed by atoms with Crippen LogP contribution in [0.25, 0.3) is 22.4 Å². The van der Waals surface area contributed by atoms with Crippen LogP contribution < -0.4 is 0 Å². The highest BCUT2D eigenvalue weighted by molar-refractivity contribution is 7.90. The van der Waals surface area contributed by atoms with E-state index in [0.717, 1.165) is 10.0 Å². The standard InChI is InChI=1S/C20H13ClN2O4S/c21-15-11-10-14(20(24)25)12-18(15)28(26,27)23-17-9-5-4-8-16(17)22-19(23)13-6-2-1-3-7-13/h1-12H,(H,24,25). The molecule has 0 saturated heterocycles. The number of imidazole rings is 1. The quantitative estimate of drug-likeness (QED) is 0.540. The number of nitrogens with zero attached hydrogens (tertiary/aromatic N) is 2. The molecule has 0 unspecified atom stereocenters. The summed E-state index contributed by atoms with van der Waals surface area (Å²) in [7, 11) is -4.23. The second-order valence-electron chi connectivity index (χ2n) is 6.01. The second-order valence-corrected chi connectivity index (χ2v) is 8.17. The molecule has 6 nitrogen and oxygen atoms in total.